The molecule has 0 saturated heterocycles. The first-order valence-electron chi connectivity index (χ1n) is 9.95. The molecule has 0 aliphatic carbocycles. The number of rotatable bonds is 8. The number of nitrogens with zero attached hydrogens (tertiary/aromatic N) is 4. The number of esters is 1. The second kappa shape index (κ2) is 10.7. The molecular formula is C23H18ClN5O4S. The highest BCUT2D eigenvalue weighted by Gasteiger charge is 2.21. The summed E-state index contributed by atoms with van der Waals surface area (Å²) in [4.78, 5) is 26.2. The molecule has 4 rings (SSSR count). The summed E-state index contributed by atoms with van der Waals surface area (Å²) in [6.45, 7) is -0.521. The average Bonchev–Trinajstić information content (AvgIpc) is 3.54. The predicted molar refractivity (Wildman–Crippen MR) is 129 cm³/mol. The summed E-state index contributed by atoms with van der Waals surface area (Å²) in [6.07, 6.45) is 1.61. The zero-order valence-corrected chi connectivity index (χ0v) is 19.4. The molecule has 0 radical (unpaired) electrons. The van der Waals surface area contributed by atoms with Crippen molar-refractivity contribution in [2.75, 3.05) is 19.0 Å². The minimum absolute atomic E-state index is 0.0617. The molecule has 0 unspecified atom stereocenters. The van der Waals surface area contributed by atoms with E-state index in [4.69, 9.17) is 21.1 Å². The van der Waals surface area contributed by atoms with Gasteiger partial charge in [0.15, 0.2) is 18.1 Å². The maximum atomic E-state index is 13.0. The van der Waals surface area contributed by atoms with E-state index < -0.39 is 18.5 Å². The van der Waals surface area contributed by atoms with Crippen LogP contribution in [0.4, 0.5) is 5.69 Å². The fourth-order valence-corrected chi connectivity index (χ4v) is 3.89. The number of hydrogen-bond acceptors (Lipinski definition) is 8. The largest absolute Gasteiger partial charge is 0.495 e. The van der Waals surface area contributed by atoms with E-state index in [1.54, 1.807) is 18.2 Å². The number of tetrazole rings is 1. The average molecular weight is 496 g/mol. The molecule has 1 amide bonds. The lowest BCUT2D eigenvalue weighted by molar-refractivity contribution is -0.141. The number of anilines is 1. The van der Waals surface area contributed by atoms with Crippen LogP contribution in [-0.2, 0) is 14.3 Å². The van der Waals surface area contributed by atoms with Gasteiger partial charge in [0, 0.05) is 16.1 Å². The summed E-state index contributed by atoms with van der Waals surface area (Å²) in [5.41, 5.74) is 1.21. The van der Waals surface area contributed by atoms with Crippen LogP contribution in [-0.4, -0.2) is 45.8 Å². The zero-order chi connectivity index (χ0) is 23.9. The highest BCUT2D eigenvalue weighted by Crippen LogP contribution is 2.27. The van der Waals surface area contributed by atoms with Crippen LogP contribution in [0.15, 0.2) is 66.0 Å². The Morgan fingerprint density at radius 3 is 2.68 bits per heavy atom. The summed E-state index contributed by atoms with van der Waals surface area (Å²) in [7, 11) is 1.49. The molecule has 0 aliphatic rings. The van der Waals surface area contributed by atoms with Crippen molar-refractivity contribution in [3.8, 4) is 17.1 Å². The molecule has 11 heteroatoms. The number of nitrogens with one attached hydrogen (secondary N) is 1. The molecule has 0 atom stereocenters. The summed E-state index contributed by atoms with van der Waals surface area (Å²) in [5.74, 6) is -0.464. The Balaban J connectivity index is 1.52. The molecule has 0 aliphatic heterocycles. The van der Waals surface area contributed by atoms with Crippen molar-refractivity contribution in [3.05, 3.63) is 75.9 Å². The second-order valence-corrected chi connectivity index (χ2v) is 8.19. The summed E-state index contributed by atoms with van der Waals surface area (Å²) in [5, 5.41) is 16.6. The van der Waals surface area contributed by atoms with E-state index in [1.807, 2.05) is 47.8 Å². The Kier molecular flexibility index (Phi) is 7.31. The van der Waals surface area contributed by atoms with Gasteiger partial charge in [-0.15, -0.1) is 16.4 Å². The van der Waals surface area contributed by atoms with Crippen molar-refractivity contribution in [3.63, 3.8) is 0 Å². The number of methoxy groups -OCH3 is 1. The SMILES string of the molecule is COc1ccc(NC(=O)COC(=O)C(=Cc2cccs2)n2nnnc2-c2ccccc2)cc1Cl. The van der Waals surface area contributed by atoms with E-state index in [0.29, 0.717) is 27.8 Å². The number of halogens is 1. The Morgan fingerprint density at radius 2 is 1.97 bits per heavy atom. The van der Waals surface area contributed by atoms with Crippen LogP contribution in [0.3, 0.4) is 0 Å². The van der Waals surface area contributed by atoms with Crippen molar-refractivity contribution in [2.24, 2.45) is 0 Å². The third-order valence-electron chi connectivity index (χ3n) is 4.53. The van der Waals surface area contributed by atoms with Crippen molar-refractivity contribution in [2.45, 2.75) is 0 Å². The first kappa shape index (κ1) is 23.1. The van der Waals surface area contributed by atoms with Crippen LogP contribution in [0.25, 0.3) is 23.2 Å². The molecule has 0 fully saturated rings. The van der Waals surface area contributed by atoms with Crippen LogP contribution < -0.4 is 10.1 Å². The Hall–Kier alpha value is -4.02. The number of amides is 1. The summed E-state index contributed by atoms with van der Waals surface area (Å²) >= 11 is 7.51. The molecule has 172 valence electrons. The van der Waals surface area contributed by atoms with Gasteiger partial charge in [-0.05, 0) is 46.1 Å². The number of hydrogen-bond donors (Lipinski definition) is 1. The molecule has 2 heterocycles. The first-order valence-corrected chi connectivity index (χ1v) is 11.2. The van der Waals surface area contributed by atoms with Gasteiger partial charge in [-0.1, -0.05) is 48.0 Å². The van der Waals surface area contributed by atoms with E-state index in [0.717, 1.165) is 4.88 Å². The number of carbonyl (C=O) groups excluding carboxylic acids is 2. The van der Waals surface area contributed by atoms with Crippen LogP contribution in [0.5, 0.6) is 5.75 Å². The van der Waals surface area contributed by atoms with Gasteiger partial charge in [0.2, 0.25) is 0 Å². The molecule has 2 aromatic heterocycles. The van der Waals surface area contributed by atoms with Crippen molar-refractivity contribution < 1.29 is 19.1 Å². The van der Waals surface area contributed by atoms with Crippen molar-refractivity contribution >= 4 is 52.3 Å². The third-order valence-corrected chi connectivity index (χ3v) is 5.65. The minimum atomic E-state index is -0.763. The molecule has 34 heavy (non-hydrogen) atoms. The molecule has 2 aromatic carbocycles. The summed E-state index contributed by atoms with van der Waals surface area (Å²) in [6, 6.07) is 17.7. The fourth-order valence-electron chi connectivity index (χ4n) is 2.98. The molecule has 1 N–H and O–H groups in total. The zero-order valence-electron chi connectivity index (χ0n) is 17.8. The first-order chi connectivity index (χ1) is 16.5. The second-order valence-electron chi connectivity index (χ2n) is 6.80. The fraction of sp³-hybridized carbons (Fsp3) is 0.0870. The highest BCUT2D eigenvalue weighted by molar-refractivity contribution is 7.10. The molecule has 0 bridgehead atoms. The Labute approximate surface area is 203 Å². The maximum Gasteiger partial charge on any atom is 0.357 e. The standard InChI is InChI=1S/C23H18ClN5O4S/c1-32-20-10-9-16(12-18(20)24)25-21(30)14-33-23(31)19(13-17-8-5-11-34-17)29-22(26-27-28-29)15-6-3-2-4-7-15/h2-13H,14H2,1H3,(H,25,30). The van der Waals surface area contributed by atoms with E-state index in [1.165, 1.54) is 29.2 Å². The highest BCUT2D eigenvalue weighted by atomic mass is 35.5. The van der Waals surface area contributed by atoms with Gasteiger partial charge in [0.25, 0.3) is 5.91 Å². The smallest absolute Gasteiger partial charge is 0.357 e. The number of thiophene rings is 1. The van der Waals surface area contributed by atoms with Gasteiger partial charge in [0.05, 0.1) is 12.1 Å². The quantitative estimate of drug-likeness (QED) is 0.287. The van der Waals surface area contributed by atoms with E-state index in [2.05, 4.69) is 20.8 Å². The number of benzene rings is 2. The predicted octanol–water partition coefficient (Wildman–Crippen LogP) is 4.24. The van der Waals surface area contributed by atoms with Crippen molar-refractivity contribution in [1.29, 1.82) is 0 Å². The Morgan fingerprint density at radius 1 is 1.15 bits per heavy atom. The van der Waals surface area contributed by atoms with Crippen LogP contribution in [0.2, 0.25) is 5.02 Å². The molecule has 0 spiro atoms. The number of ether oxygens (including phenoxy) is 2. The van der Waals surface area contributed by atoms with E-state index in [-0.39, 0.29) is 5.70 Å². The normalized spacial score (nSPS) is 11.2. The number of aromatic nitrogens is 4. The van der Waals surface area contributed by atoms with E-state index >= 15 is 0 Å². The lowest BCUT2D eigenvalue weighted by atomic mass is 10.2. The lowest BCUT2D eigenvalue weighted by Crippen LogP contribution is -2.23. The van der Waals surface area contributed by atoms with Gasteiger partial charge >= 0.3 is 5.97 Å². The molecule has 0 saturated carbocycles. The van der Waals surface area contributed by atoms with Crippen LogP contribution >= 0.6 is 22.9 Å². The third kappa shape index (κ3) is 5.48. The monoisotopic (exact) mass is 495 g/mol. The van der Waals surface area contributed by atoms with Crippen LogP contribution in [0.1, 0.15) is 4.88 Å². The molecule has 9 nitrogen and oxygen atoms in total. The molecule has 4 aromatic rings. The van der Waals surface area contributed by atoms with Gasteiger partial charge in [-0.2, -0.15) is 4.68 Å². The lowest BCUT2D eigenvalue weighted by Gasteiger charge is -2.11. The van der Waals surface area contributed by atoms with E-state index in [9.17, 15) is 9.59 Å². The minimum Gasteiger partial charge on any atom is -0.495 e. The van der Waals surface area contributed by atoms with Crippen molar-refractivity contribution in [1.82, 2.24) is 20.2 Å². The summed E-state index contributed by atoms with van der Waals surface area (Å²) < 4.78 is 11.7. The van der Waals surface area contributed by atoms with Gasteiger partial charge < -0.3 is 14.8 Å². The van der Waals surface area contributed by atoms with Gasteiger partial charge in [-0.25, -0.2) is 4.79 Å². The number of carbonyl (C=O) groups is 2. The Bertz CT molecular complexity index is 1320. The topological polar surface area (TPSA) is 108 Å². The van der Waals surface area contributed by atoms with Gasteiger partial charge in [-0.3, -0.25) is 4.79 Å². The van der Waals surface area contributed by atoms with Crippen LogP contribution in [0, 0.1) is 0 Å². The van der Waals surface area contributed by atoms with Gasteiger partial charge in [0.1, 0.15) is 5.75 Å². The maximum absolute atomic E-state index is 13.0. The molecular weight excluding hydrogens is 478 g/mol.